The third-order valence-electron chi connectivity index (χ3n) is 3.62. The van der Waals surface area contributed by atoms with E-state index in [1.807, 2.05) is 6.92 Å². The maximum Gasteiger partial charge on any atom is 0.291 e. The lowest BCUT2D eigenvalue weighted by Crippen LogP contribution is -2.47. The Morgan fingerprint density at radius 3 is 2.57 bits per heavy atom. The van der Waals surface area contributed by atoms with Crippen molar-refractivity contribution in [1.82, 2.24) is 24.8 Å². The summed E-state index contributed by atoms with van der Waals surface area (Å²) in [5.74, 6) is 0.600. The zero-order chi connectivity index (χ0) is 15.5. The molecular formula is C12H21N5O3S. The van der Waals surface area contributed by atoms with Crippen LogP contribution in [-0.2, 0) is 16.4 Å². The van der Waals surface area contributed by atoms with Crippen molar-refractivity contribution in [2.45, 2.75) is 39.2 Å². The summed E-state index contributed by atoms with van der Waals surface area (Å²) in [6, 6.07) is -0.0376. The number of H-pyrrole nitrogens is 1. The molecule has 2 rings (SSSR count). The van der Waals surface area contributed by atoms with Crippen molar-refractivity contribution in [1.29, 1.82) is 0 Å². The Balaban J connectivity index is 1.87. The number of aryl methyl sites for hydroxylation is 1. The summed E-state index contributed by atoms with van der Waals surface area (Å²) in [6.45, 7) is 4.44. The molecule has 0 spiro atoms. The summed E-state index contributed by atoms with van der Waals surface area (Å²) >= 11 is 0. The number of piperidine rings is 1. The van der Waals surface area contributed by atoms with Crippen molar-refractivity contribution in [2.75, 3.05) is 18.8 Å². The van der Waals surface area contributed by atoms with Crippen LogP contribution < -0.4 is 5.32 Å². The normalized spacial score (nSPS) is 17.8. The molecule has 2 N–H and O–H groups in total. The minimum atomic E-state index is -3.13. The molecule has 9 heteroatoms. The number of rotatable bonds is 5. The molecule has 1 saturated heterocycles. The molecule has 1 aromatic heterocycles. The molecule has 0 radical (unpaired) electrons. The van der Waals surface area contributed by atoms with Crippen molar-refractivity contribution in [3.63, 3.8) is 0 Å². The fraction of sp³-hybridized carbons (Fsp3) is 0.750. The highest BCUT2D eigenvalue weighted by Crippen LogP contribution is 2.14. The minimum absolute atomic E-state index is 0.0376. The molecule has 1 aliphatic heterocycles. The average Bonchev–Trinajstić information content (AvgIpc) is 2.97. The molecule has 0 atom stereocenters. The first-order valence-corrected chi connectivity index (χ1v) is 8.77. The molecule has 0 aromatic carbocycles. The van der Waals surface area contributed by atoms with E-state index in [-0.39, 0.29) is 23.5 Å². The molecule has 1 aromatic rings. The second-order valence-electron chi connectivity index (χ2n) is 5.01. The van der Waals surface area contributed by atoms with E-state index in [9.17, 15) is 13.2 Å². The van der Waals surface area contributed by atoms with Gasteiger partial charge in [0.1, 0.15) is 5.82 Å². The van der Waals surface area contributed by atoms with E-state index < -0.39 is 10.0 Å². The van der Waals surface area contributed by atoms with E-state index in [0.29, 0.717) is 38.2 Å². The third kappa shape index (κ3) is 3.79. The summed E-state index contributed by atoms with van der Waals surface area (Å²) in [5, 5.41) is 9.42. The fourth-order valence-electron chi connectivity index (χ4n) is 2.27. The molecule has 1 aliphatic rings. The van der Waals surface area contributed by atoms with Crippen molar-refractivity contribution >= 4 is 15.9 Å². The zero-order valence-corrected chi connectivity index (χ0v) is 13.1. The van der Waals surface area contributed by atoms with E-state index in [4.69, 9.17) is 0 Å². The maximum absolute atomic E-state index is 12.0. The SMILES string of the molecule is CCc1nc(C(=O)NC2CCN(S(=O)(=O)CC)CC2)n[nH]1. The molecule has 118 valence electrons. The standard InChI is InChI=1S/C12H21N5O3S/c1-3-10-14-11(16-15-10)12(18)13-9-5-7-17(8-6-9)21(19,20)4-2/h9H,3-8H2,1-2H3,(H,13,18)(H,14,15,16). The van der Waals surface area contributed by atoms with Crippen LogP contribution in [0.5, 0.6) is 0 Å². The maximum atomic E-state index is 12.0. The lowest BCUT2D eigenvalue weighted by molar-refractivity contribution is 0.0913. The van der Waals surface area contributed by atoms with E-state index in [1.54, 1.807) is 6.92 Å². The molecule has 0 bridgehead atoms. The van der Waals surface area contributed by atoms with Crippen LogP contribution in [0, 0.1) is 0 Å². The Kier molecular flexibility index (Phi) is 4.94. The van der Waals surface area contributed by atoms with Crippen molar-refractivity contribution in [2.24, 2.45) is 0 Å². The number of hydrogen-bond donors (Lipinski definition) is 2. The van der Waals surface area contributed by atoms with Crippen LogP contribution in [0.3, 0.4) is 0 Å². The van der Waals surface area contributed by atoms with Crippen LogP contribution in [0.1, 0.15) is 43.1 Å². The fourth-order valence-corrected chi connectivity index (χ4v) is 3.40. The number of sulfonamides is 1. The van der Waals surface area contributed by atoms with Crippen LogP contribution in [-0.4, -0.2) is 58.7 Å². The Hall–Kier alpha value is -1.48. The molecule has 1 amide bonds. The Bertz CT molecular complexity index is 590. The Labute approximate surface area is 124 Å². The van der Waals surface area contributed by atoms with Gasteiger partial charge in [0.15, 0.2) is 0 Å². The summed E-state index contributed by atoms with van der Waals surface area (Å²) < 4.78 is 25.0. The topological polar surface area (TPSA) is 108 Å². The average molecular weight is 315 g/mol. The molecular weight excluding hydrogens is 294 g/mol. The largest absolute Gasteiger partial charge is 0.346 e. The molecule has 2 heterocycles. The Morgan fingerprint density at radius 1 is 1.38 bits per heavy atom. The van der Waals surface area contributed by atoms with Crippen LogP contribution in [0.4, 0.5) is 0 Å². The van der Waals surface area contributed by atoms with Crippen molar-refractivity contribution in [3.05, 3.63) is 11.6 Å². The third-order valence-corrected chi connectivity index (χ3v) is 5.50. The number of hydrogen-bond acceptors (Lipinski definition) is 5. The van der Waals surface area contributed by atoms with Gasteiger partial charge < -0.3 is 5.32 Å². The molecule has 1 fully saturated rings. The molecule has 0 saturated carbocycles. The summed E-state index contributed by atoms with van der Waals surface area (Å²) in [4.78, 5) is 16.1. The van der Waals surface area contributed by atoms with Crippen LogP contribution in [0.15, 0.2) is 0 Å². The zero-order valence-electron chi connectivity index (χ0n) is 12.3. The van der Waals surface area contributed by atoms with Gasteiger partial charge in [0, 0.05) is 25.6 Å². The van der Waals surface area contributed by atoms with Gasteiger partial charge in [0.2, 0.25) is 15.8 Å². The second-order valence-corrected chi connectivity index (χ2v) is 7.26. The predicted octanol–water partition coefficient (Wildman–Crippen LogP) is -0.0890. The van der Waals surface area contributed by atoms with Crippen LogP contribution in [0.25, 0.3) is 0 Å². The lowest BCUT2D eigenvalue weighted by atomic mass is 10.1. The smallest absolute Gasteiger partial charge is 0.291 e. The van der Waals surface area contributed by atoms with E-state index >= 15 is 0 Å². The number of nitrogens with one attached hydrogen (secondary N) is 2. The highest BCUT2D eigenvalue weighted by molar-refractivity contribution is 7.89. The van der Waals surface area contributed by atoms with E-state index in [1.165, 1.54) is 4.31 Å². The van der Waals surface area contributed by atoms with E-state index in [2.05, 4.69) is 20.5 Å². The van der Waals surface area contributed by atoms with Gasteiger partial charge >= 0.3 is 0 Å². The number of amides is 1. The van der Waals surface area contributed by atoms with Gasteiger partial charge in [-0.3, -0.25) is 9.89 Å². The molecule has 0 aliphatic carbocycles. The number of aromatic nitrogens is 3. The number of carbonyl (C=O) groups excluding carboxylic acids is 1. The van der Waals surface area contributed by atoms with Gasteiger partial charge in [-0.1, -0.05) is 6.92 Å². The minimum Gasteiger partial charge on any atom is -0.346 e. The van der Waals surface area contributed by atoms with Gasteiger partial charge in [-0.25, -0.2) is 17.7 Å². The van der Waals surface area contributed by atoms with Crippen molar-refractivity contribution in [3.8, 4) is 0 Å². The lowest BCUT2D eigenvalue weighted by Gasteiger charge is -2.31. The van der Waals surface area contributed by atoms with Gasteiger partial charge in [0.05, 0.1) is 5.75 Å². The highest BCUT2D eigenvalue weighted by atomic mass is 32.2. The van der Waals surface area contributed by atoms with Crippen LogP contribution in [0.2, 0.25) is 0 Å². The summed E-state index contributed by atoms with van der Waals surface area (Å²) in [7, 11) is -3.13. The quantitative estimate of drug-likeness (QED) is 0.789. The van der Waals surface area contributed by atoms with Gasteiger partial charge in [0.25, 0.3) is 5.91 Å². The van der Waals surface area contributed by atoms with Gasteiger partial charge in [-0.2, -0.15) is 0 Å². The van der Waals surface area contributed by atoms with E-state index in [0.717, 1.165) is 0 Å². The second kappa shape index (κ2) is 6.52. The van der Waals surface area contributed by atoms with Gasteiger partial charge in [-0.15, -0.1) is 5.10 Å². The summed E-state index contributed by atoms with van der Waals surface area (Å²) in [5.41, 5.74) is 0. The van der Waals surface area contributed by atoms with Crippen LogP contribution >= 0.6 is 0 Å². The first kappa shape index (κ1) is 15.9. The molecule has 21 heavy (non-hydrogen) atoms. The monoisotopic (exact) mass is 315 g/mol. The predicted molar refractivity (Wildman–Crippen MR) is 77.3 cm³/mol. The molecule has 0 unspecified atom stereocenters. The number of aromatic amines is 1. The number of nitrogens with zero attached hydrogens (tertiary/aromatic N) is 3. The highest BCUT2D eigenvalue weighted by Gasteiger charge is 2.28. The first-order chi connectivity index (χ1) is 9.96. The Morgan fingerprint density at radius 2 is 2.05 bits per heavy atom. The van der Waals surface area contributed by atoms with Crippen molar-refractivity contribution < 1.29 is 13.2 Å². The molecule has 8 nitrogen and oxygen atoms in total. The number of carbonyl (C=O) groups is 1. The first-order valence-electron chi connectivity index (χ1n) is 7.16. The van der Waals surface area contributed by atoms with Gasteiger partial charge in [-0.05, 0) is 19.8 Å². The summed E-state index contributed by atoms with van der Waals surface area (Å²) in [6.07, 6.45) is 1.90.